The minimum atomic E-state index is -1.06. The van der Waals surface area contributed by atoms with Gasteiger partial charge in [0.25, 0.3) is 0 Å². The number of pyridine rings is 1. The molecule has 0 spiro atoms. The Morgan fingerprint density at radius 2 is 0.919 bits per heavy atom. The van der Waals surface area contributed by atoms with Crippen molar-refractivity contribution in [3.8, 4) is 11.5 Å². The summed E-state index contributed by atoms with van der Waals surface area (Å²) in [4.78, 5) is 66.6. The molecule has 0 fully saturated rings. The van der Waals surface area contributed by atoms with Crippen LogP contribution in [0.4, 0.5) is 11.6 Å². The molecule has 13 heteroatoms. The summed E-state index contributed by atoms with van der Waals surface area (Å²) in [5, 5.41) is 19.6. The molecule has 5 rings (SSSR count). The zero-order valence-corrected chi connectivity index (χ0v) is 35.5. The van der Waals surface area contributed by atoms with Gasteiger partial charge >= 0.3 is 11.9 Å². The van der Waals surface area contributed by atoms with Crippen LogP contribution in [0.1, 0.15) is 58.5 Å². The molecule has 0 bridgehead atoms. The van der Waals surface area contributed by atoms with E-state index in [0.29, 0.717) is 60.4 Å². The number of aromatic nitrogens is 1. The Morgan fingerprint density at radius 3 is 1.27 bits per heavy atom. The van der Waals surface area contributed by atoms with E-state index in [1.54, 1.807) is 86.6 Å². The van der Waals surface area contributed by atoms with Crippen LogP contribution in [0.25, 0.3) is 0 Å². The highest BCUT2D eigenvalue weighted by Crippen LogP contribution is 2.19. The van der Waals surface area contributed by atoms with Gasteiger partial charge in [-0.3, -0.25) is 19.6 Å². The number of rotatable bonds is 24. The lowest BCUT2D eigenvalue weighted by Gasteiger charge is -2.22. The number of Topliss-reactive ketones (excluding diaryl/α,β-unsaturated/α-hetero) is 2. The second-order valence-corrected chi connectivity index (χ2v) is 15.0. The van der Waals surface area contributed by atoms with Gasteiger partial charge in [0.2, 0.25) is 0 Å². The largest absolute Gasteiger partial charge is 0.492 e. The van der Waals surface area contributed by atoms with Crippen molar-refractivity contribution in [1.29, 1.82) is 0 Å². The third-order valence-corrected chi connectivity index (χ3v) is 9.94. The van der Waals surface area contributed by atoms with Gasteiger partial charge in [-0.05, 0) is 61.4 Å². The first-order valence-corrected chi connectivity index (χ1v) is 20.4. The molecule has 2 N–H and O–H groups in total. The van der Waals surface area contributed by atoms with E-state index in [9.17, 15) is 29.4 Å². The molecule has 2 unspecified atom stereocenters. The van der Waals surface area contributed by atoms with Crippen LogP contribution in [0.5, 0.6) is 11.5 Å². The second-order valence-electron chi connectivity index (χ2n) is 15.0. The molecular formula is C49H53N5O8. The number of aliphatic imine (C=N–C) groups is 2. The van der Waals surface area contributed by atoms with Crippen LogP contribution in [0.3, 0.4) is 0 Å². The number of nitrogens with zero attached hydrogens (tertiary/aromatic N) is 5. The fourth-order valence-electron chi connectivity index (χ4n) is 6.47. The predicted molar refractivity (Wildman–Crippen MR) is 242 cm³/mol. The molecule has 0 saturated carbocycles. The first-order valence-electron chi connectivity index (χ1n) is 20.4. The van der Waals surface area contributed by atoms with Gasteiger partial charge in [0.1, 0.15) is 36.3 Å². The number of aliphatic carboxylic acids is 2. The van der Waals surface area contributed by atoms with Crippen molar-refractivity contribution >= 4 is 46.6 Å². The summed E-state index contributed by atoms with van der Waals surface area (Å²) in [6.07, 6.45) is 0.472. The van der Waals surface area contributed by atoms with Crippen LogP contribution in [0.2, 0.25) is 0 Å². The van der Waals surface area contributed by atoms with Crippen molar-refractivity contribution in [3.05, 3.63) is 150 Å². The summed E-state index contributed by atoms with van der Waals surface area (Å²) in [6, 6.07) is 36.0. The van der Waals surface area contributed by atoms with Crippen LogP contribution in [0.15, 0.2) is 137 Å². The quantitative estimate of drug-likeness (QED) is 0.0464. The Hall–Kier alpha value is -7.15. The number of carboxylic acids is 2. The molecule has 62 heavy (non-hydrogen) atoms. The Kier molecular flexibility index (Phi) is 17.0. The average Bonchev–Trinajstić information content (AvgIpc) is 3.27. The zero-order chi connectivity index (χ0) is 44.4. The molecule has 1 heterocycles. The van der Waals surface area contributed by atoms with Gasteiger partial charge < -0.3 is 29.5 Å². The number of ether oxygens (including phenoxy) is 2. The molecule has 2 atom stereocenters. The molecule has 0 aliphatic carbocycles. The van der Waals surface area contributed by atoms with Gasteiger partial charge in [0.15, 0.2) is 23.7 Å². The highest BCUT2D eigenvalue weighted by atomic mass is 16.5. The summed E-state index contributed by atoms with van der Waals surface area (Å²) in [7, 11) is 3.87. The molecule has 0 aliphatic heterocycles. The standard InChI is InChI=1S/C49H53N5O8/c1-34(30-44(55)38-12-7-5-8-13-38)50-42(48(57)58)32-36-18-22-40(23-19-36)61-28-26-53(3)46-16-11-17-47(52-46)54(4)27-29-62-41-24-20-37(21-25-41)33-43(49(59)60)51-35(2)31-45(56)39-14-9-6-10-15-39/h5-25,42-43H,26-33H2,1-4H3,(H,57,58)(H,59,60). The van der Waals surface area contributed by atoms with Crippen LogP contribution < -0.4 is 19.3 Å². The SMILES string of the molecule is CC(CC(=O)c1ccccc1)=NC(Cc1ccc(OCCN(C)c2cccc(N(C)CCOc3ccc(CC(N=C(C)CC(=O)c4ccccc4)C(=O)O)cc3)n2)cc1)C(=O)O. The Bertz CT molecular complexity index is 2160. The van der Waals surface area contributed by atoms with E-state index in [0.717, 1.165) is 22.8 Å². The second kappa shape index (κ2) is 23.0. The van der Waals surface area contributed by atoms with E-state index < -0.39 is 24.0 Å². The lowest BCUT2D eigenvalue weighted by Crippen LogP contribution is -2.27. The molecule has 0 saturated heterocycles. The van der Waals surface area contributed by atoms with Gasteiger partial charge in [-0.2, -0.15) is 0 Å². The molecule has 0 radical (unpaired) electrons. The zero-order valence-electron chi connectivity index (χ0n) is 35.5. The van der Waals surface area contributed by atoms with Gasteiger partial charge in [0.05, 0.1) is 13.1 Å². The smallest absolute Gasteiger partial charge is 0.328 e. The number of carboxylic acid groups (broad SMARTS) is 2. The maximum Gasteiger partial charge on any atom is 0.328 e. The van der Waals surface area contributed by atoms with E-state index in [1.807, 2.05) is 78.5 Å². The van der Waals surface area contributed by atoms with Crippen molar-refractivity contribution in [2.75, 3.05) is 50.2 Å². The van der Waals surface area contributed by atoms with Gasteiger partial charge in [-0.15, -0.1) is 0 Å². The Morgan fingerprint density at radius 1 is 0.548 bits per heavy atom. The maximum absolute atomic E-state index is 12.5. The van der Waals surface area contributed by atoms with Gasteiger partial charge in [0, 0.05) is 62.3 Å². The average molecular weight is 840 g/mol. The highest BCUT2D eigenvalue weighted by molar-refractivity contribution is 6.10. The molecular weight excluding hydrogens is 787 g/mol. The van der Waals surface area contributed by atoms with E-state index in [1.165, 1.54) is 0 Å². The summed E-state index contributed by atoms with van der Waals surface area (Å²) in [5.41, 5.74) is 3.64. The molecule has 5 aromatic rings. The molecule has 0 amide bonds. The summed E-state index contributed by atoms with van der Waals surface area (Å²) in [5.74, 6) is 0.511. The third-order valence-electron chi connectivity index (χ3n) is 9.94. The summed E-state index contributed by atoms with van der Waals surface area (Å²) in [6.45, 7) is 5.26. The number of carbonyl (C=O) groups excluding carboxylic acids is 2. The third kappa shape index (κ3) is 14.5. The van der Waals surface area contributed by atoms with Crippen molar-refractivity contribution in [1.82, 2.24) is 4.98 Å². The number of carbonyl (C=O) groups is 4. The molecule has 1 aromatic heterocycles. The number of anilines is 2. The Labute approximate surface area is 362 Å². The minimum Gasteiger partial charge on any atom is -0.492 e. The topological polar surface area (TPSA) is 171 Å². The fraction of sp³-hybridized carbons (Fsp3) is 0.286. The van der Waals surface area contributed by atoms with Crippen LogP contribution >= 0.6 is 0 Å². The fourth-order valence-corrected chi connectivity index (χ4v) is 6.47. The summed E-state index contributed by atoms with van der Waals surface area (Å²) >= 11 is 0. The van der Waals surface area contributed by atoms with Crippen LogP contribution in [-0.2, 0) is 22.4 Å². The number of ketones is 2. The maximum atomic E-state index is 12.5. The lowest BCUT2D eigenvalue weighted by atomic mass is 10.0. The van der Waals surface area contributed by atoms with E-state index in [-0.39, 0.29) is 37.2 Å². The van der Waals surface area contributed by atoms with Crippen molar-refractivity contribution in [3.63, 3.8) is 0 Å². The van der Waals surface area contributed by atoms with E-state index in [2.05, 4.69) is 9.98 Å². The van der Waals surface area contributed by atoms with Crippen LogP contribution in [-0.4, -0.2) is 103 Å². The molecule has 322 valence electrons. The van der Waals surface area contributed by atoms with Crippen molar-refractivity contribution < 1.29 is 38.9 Å². The van der Waals surface area contributed by atoms with Crippen LogP contribution in [0, 0.1) is 0 Å². The predicted octanol–water partition coefficient (Wildman–Crippen LogP) is 7.57. The number of likely N-dealkylation sites (N-methyl/N-ethyl adjacent to an activating group) is 2. The van der Waals surface area contributed by atoms with Crippen molar-refractivity contribution in [2.24, 2.45) is 9.98 Å². The Balaban J connectivity index is 1.04. The summed E-state index contributed by atoms with van der Waals surface area (Å²) < 4.78 is 12.0. The molecule has 4 aromatic carbocycles. The normalized spacial score (nSPS) is 12.5. The van der Waals surface area contributed by atoms with E-state index in [4.69, 9.17) is 14.5 Å². The van der Waals surface area contributed by atoms with Gasteiger partial charge in [-0.1, -0.05) is 91.0 Å². The van der Waals surface area contributed by atoms with E-state index >= 15 is 0 Å². The minimum absolute atomic E-state index is 0.0552. The van der Waals surface area contributed by atoms with Crippen molar-refractivity contribution in [2.45, 2.75) is 51.6 Å². The number of hydrogen-bond acceptors (Lipinski definition) is 11. The van der Waals surface area contributed by atoms with Gasteiger partial charge in [-0.25, -0.2) is 14.6 Å². The molecule has 13 nitrogen and oxygen atoms in total. The lowest BCUT2D eigenvalue weighted by molar-refractivity contribution is -0.139. The monoisotopic (exact) mass is 839 g/mol. The molecule has 0 aliphatic rings. The first-order chi connectivity index (χ1) is 29.8. The highest BCUT2D eigenvalue weighted by Gasteiger charge is 2.20. The first kappa shape index (κ1) is 45.9. The number of benzene rings is 4. The number of hydrogen-bond donors (Lipinski definition) is 2.